The van der Waals surface area contributed by atoms with Crippen LogP contribution in [0.1, 0.15) is 5.56 Å². The number of hydrogen-bond acceptors (Lipinski definition) is 7. The average molecular weight is 436 g/mol. The van der Waals surface area contributed by atoms with Crippen molar-refractivity contribution in [2.75, 3.05) is 35.5 Å². The first-order chi connectivity index (χ1) is 15.6. The number of fused-ring (bicyclic) bond motifs is 3. The molecule has 1 aliphatic heterocycles. The molecule has 32 heavy (non-hydrogen) atoms. The molecule has 3 aromatic carbocycles. The van der Waals surface area contributed by atoms with E-state index >= 15 is 0 Å². The average Bonchev–Trinajstić information content (AvgIpc) is 2.98. The molecule has 7 heteroatoms. The van der Waals surface area contributed by atoms with Gasteiger partial charge < -0.3 is 33.2 Å². The highest BCUT2D eigenvalue weighted by atomic mass is 16.7. The summed E-state index contributed by atoms with van der Waals surface area (Å²) >= 11 is 0. The standard InChI is InChI=1S/C25H24O7/c1-26-16-6-7-21-15(8-16)9-24(31-20-11-17(27-2)10-18(12-20)28-3)32-23-14-19(29-4)13-22(30-5)25(21)23/h6-14H,1-5H3. The second-order valence-electron chi connectivity index (χ2n) is 6.87. The molecular weight excluding hydrogens is 412 g/mol. The maximum absolute atomic E-state index is 6.21. The number of ether oxygens (including phenoxy) is 7. The minimum absolute atomic E-state index is 0.254. The highest BCUT2D eigenvalue weighted by molar-refractivity contribution is 5.86. The van der Waals surface area contributed by atoms with E-state index in [9.17, 15) is 0 Å². The third-order valence-electron chi connectivity index (χ3n) is 5.05. The molecule has 0 amide bonds. The molecule has 0 atom stereocenters. The summed E-state index contributed by atoms with van der Waals surface area (Å²) in [7, 11) is 7.98. The van der Waals surface area contributed by atoms with Crippen LogP contribution < -0.4 is 33.2 Å². The Morgan fingerprint density at radius 1 is 0.594 bits per heavy atom. The van der Waals surface area contributed by atoms with Gasteiger partial charge in [-0.05, 0) is 29.3 Å². The van der Waals surface area contributed by atoms with Gasteiger partial charge in [0.2, 0.25) is 0 Å². The summed E-state index contributed by atoms with van der Waals surface area (Å²) in [6.45, 7) is 0. The van der Waals surface area contributed by atoms with E-state index in [0.717, 1.165) is 16.7 Å². The first kappa shape index (κ1) is 21.2. The Labute approximate surface area is 186 Å². The lowest BCUT2D eigenvalue weighted by molar-refractivity contribution is 0.230. The topological polar surface area (TPSA) is 64.6 Å². The van der Waals surface area contributed by atoms with E-state index in [4.69, 9.17) is 33.2 Å². The lowest BCUT2D eigenvalue weighted by Gasteiger charge is -2.16. The van der Waals surface area contributed by atoms with E-state index < -0.39 is 0 Å². The van der Waals surface area contributed by atoms with Gasteiger partial charge in [-0.15, -0.1) is 0 Å². The zero-order chi connectivity index (χ0) is 22.7. The van der Waals surface area contributed by atoms with Gasteiger partial charge in [-0.2, -0.15) is 0 Å². The molecule has 4 rings (SSSR count). The lowest BCUT2D eigenvalue weighted by atomic mass is 9.97. The molecule has 0 saturated carbocycles. The molecule has 0 bridgehead atoms. The second-order valence-corrected chi connectivity index (χ2v) is 6.87. The molecule has 7 nitrogen and oxygen atoms in total. The number of hydrogen-bond donors (Lipinski definition) is 0. The summed E-state index contributed by atoms with van der Waals surface area (Å²) in [5, 5.41) is 0. The van der Waals surface area contributed by atoms with Crippen LogP contribution >= 0.6 is 0 Å². The molecule has 0 aromatic heterocycles. The van der Waals surface area contributed by atoms with Crippen molar-refractivity contribution in [2.45, 2.75) is 0 Å². The van der Waals surface area contributed by atoms with Gasteiger partial charge in [0.15, 0.2) is 0 Å². The van der Waals surface area contributed by atoms with Crippen LogP contribution in [0.4, 0.5) is 0 Å². The van der Waals surface area contributed by atoms with Gasteiger partial charge >= 0.3 is 0 Å². The van der Waals surface area contributed by atoms with E-state index in [1.807, 2.05) is 24.3 Å². The molecule has 0 radical (unpaired) electrons. The molecule has 0 aliphatic carbocycles. The molecule has 3 aromatic rings. The third-order valence-corrected chi connectivity index (χ3v) is 5.05. The highest BCUT2D eigenvalue weighted by Crippen LogP contribution is 2.47. The van der Waals surface area contributed by atoms with Crippen LogP contribution in [-0.2, 0) is 0 Å². The van der Waals surface area contributed by atoms with E-state index in [1.54, 1.807) is 65.9 Å². The second kappa shape index (κ2) is 9.01. The Kier molecular flexibility index (Phi) is 5.98. The smallest absolute Gasteiger partial charge is 0.290 e. The number of methoxy groups -OCH3 is 5. The Morgan fingerprint density at radius 3 is 1.84 bits per heavy atom. The summed E-state index contributed by atoms with van der Waals surface area (Å²) in [4.78, 5) is 0. The van der Waals surface area contributed by atoms with Crippen LogP contribution in [0, 0.1) is 0 Å². The van der Waals surface area contributed by atoms with Crippen LogP contribution in [0.3, 0.4) is 0 Å². The summed E-state index contributed by atoms with van der Waals surface area (Å²) in [5.74, 6) is 4.39. The largest absolute Gasteiger partial charge is 0.497 e. The van der Waals surface area contributed by atoms with Crippen LogP contribution in [0.25, 0.3) is 17.2 Å². The van der Waals surface area contributed by atoms with Gasteiger partial charge in [0.05, 0.1) is 41.1 Å². The fourth-order valence-electron chi connectivity index (χ4n) is 3.48. The fraction of sp³-hybridized carbons (Fsp3) is 0.200. The Hall–Kier alpha value is -4.00. The van der Waals surface area contributed by atoms with Crippen molar-refractivity contribution in [1.82, 2.24) is 0 Å². The van der Waals surface area contributed by atoms with Crippen LogP contribution in [0.5, 0.6) is 40.2 Å². The molecule has 0 N–H and O–H groups in total. The highest BCUT2D eigenvalue weighted by Gasteiger charge is 2.24. The Bertz CT molecular complexity index is 1140. The first-order valence-corrected chi connectivity index (χ1v) is 9.83. The summed E-state index contributed by atoms with van der Waals surface area (Å²) < 4.78 is 39.5. The van der Waals surface area contributed by atoms with Crippen molar-refractivity contribution in [1.29, 1.82) is 0 Å². The predicted molar refractivity (Wildman–Crippen MR) is 120 cm³/mol. The SMILES string of the molecule is COc1cc(OC)cc(OC2=Cc3cc(OC)ccc3-c3c(OC)cc(OC)cc3O2)c1. The van der Waals surface area contributed by atoms with Crippen LogP contribution in [-0.4, -0.2) is 35.5 Å². The molecule has 0 saturated heterocycles. The van der Waals surface area contributed by atoms with Crippen molar-refractivity contribution in [3.05, 3.63) is 60.0 Å². The molecule has 0 unspecified atom stereocenters. The zero-order valence-electron chi connectivity index (χ0n) is 18.6. The molecule has 0 fully saturated rings. The maximum atomic E-state index is 6.21. The minimum atomic E-state index is 0.254. The molecule has 1 aliphatic rings. The Balaban J connectivity index is 1.86. The van der Waals surface area contributed by atoms with Gasteiger partial charge in [-0.25, -0.2) is 0 Å². The predicted octanol–water partition coefficient (Wildman–Crippen LogP) is 5.17. The normalized spacial score (nSPS) is 11.7. The fourth-order valence-corrected chi connectivity index (χ4v) is 3.48. The van der Waals surface area contributed by atoms with E-state index in [0.29, 0.717) is 40.2 Å². The quantitative estimate of drug-likeness (QED) is 0.506. The first-order valence-electron chi connectivity index (χ1n) is 9.83. The van der Waals surface area contributed by atoms with Crippen molar-refractivity contribution in [3.8, 4) is 51.4 Å². The summed E-state index contributed by atoms with van der Waals surface area (Å²) in [6, 6.07) is 14.6. The summed E-state index contributed by atoms with van der Waals surface area (Å²) in [6.07, 6.45) is 1.80. The van der Waals surface area contributed by atoms with Crippen molar-refractivity contribution in [3.63, 3.8) is 0 Å². The Morgan fingerprint density at radius 2 is 1.22 bits per heavy atom. The van der Waals surface area contributed by atoms with E-state index in [2.05, 4.69) is 0 Å². The lowest BCUT2D eigenvalue weighted by Crippen LogP contribution is -2.04. The summed E-state index contributed by atoms with van der Waals surface area (Å²) in [5.41, 5.74) is 2.53. The van der Waals surface area contributed by atoms with Gasteiger partial charge in [-0.1, -0.05) is 0 Å². The minimum Gasteiger partial charge on any atom is -0.497 e. The van der Waals surface area contributed by atoms with Gasteiger partial charge in [-0.3, -0.25) is 0 Å². The van der Waals surface area contributed by atoms with Crippen molar-refractivity contribution >= 4 is 6.08 Å². The van der Waals surface area contributed by atoms with E-state index in [-0.39, 0.29) is 5.95 Å². The van der Waals surface area contributed by atoms with Crippen LogP contribution in [0.15, 0.2) is 54.5 Å². The zero-order valence-corrected chi connectivity index (χ0v) is 18.6. The number of benzene rings is 3. The third kappa shape index (κ3) is 4.09. The molecule has 166 valence electrons. The van der Waals surface area contributed by atoms with Crippen molar-refractivity contribution in [2.24, 2.45) is 0 Å². The number of rotatable bonds is 7. The molecular formula is C25H24O7. The monoisotopic (exact) mass is 436 g/mol. The van der Waals surface area contributed by atoms with Gasteiger partial charge in [0, 0.05) is 36.4 Å². The maximum Gasteiger partial charge on any atom is 0.290 e. The van der Waals surface area contributed by atoms with Gasteiger partial charge in [0.25, 0.3) is 5.95 Å². The van der Waals surface area contributed by atoms with Crippen LogP contribution in [0.2, 0.25) is 0 Å². The van der Waals surface area contributed by atoms with Gasteiger partial charge in [0.1, 0.15) is 40.2 Å². The molecule has 1 heterocycles. The van der Waals surface area contributed by atoms with E-state index in [1.165, 1.54) is 0 Å². The molecule has 0 spiro atoms. The van der Waals surface area contributed by atoms with Crippen molar-refractivity contribution < 1.29 is 33.2 Å².